The lowest BCUT2D eigenvalue weighted by molar-refractivity contribution is -0.122. The number of hydrogen-bond acceptors (Lipinski definition) is 1. The highest BCUT2D eigenvalue weighted by atomic mass is 16.1. The molecular weight excluding hydrogens is 124 g/mol. The number of hydrogen-bond donors (Lipinski definition) is 0. The van der Waals surface area contributed by atoms with E-state index in [1.165, 1.54) is 6.42 Å². The summed E-state index contributed by atoms with van der Waals surface area (Å²) in [6.07, 6.45) is 2.39. The molecule has 0 saturated heterocycles. The Labute approximate surface area is 59.8 Å². The van der Waals surface area contributed by atoms with Crippen molar-refractivity contribution in [3.8, 4) is 0 Å². The molecule has 6 atom stereocenters. The zero-order valence-corrected chi connectivity index (χ0v) is 5.79. The van der Waals surface area contributed by atoms with Gasteiger partial charge in [0.1, 0.15) is 5.78 Å². The van der Waals surface area contributed by atoms with Gasteiger partial charge in [-0.1, -0.05) is 0 Å². The van der Waals surface area contributed by atoms with Crippen molar-refractivity contribution in [1.29, 1.82) is 0 Å². The molecule has 0 aliphatic heterocycles. The molecule has 5 rings (SSSR count). The van der Waals surface area contributed by atoms with Gasteiger partial charge in [0.05, 0.1) is 0 Å². The van der Waals surface area contributed by atoms with Crippen LogP contribution in [0.25, 0.3) is 0 Å². The van der Waals surface area contributed by atoms with Crippen LogP contribution in [0.2, 0.25) is 0 Å². The average Bonchev–Trinajstić information content (AvgIpc) is 2.34. The van der Waals surface area contributed by atoms with E-state index < -0.39 is 0 Å². The van der Waals surface area contributed by atoms with Crippen molar-refractivity contribution in [2.75, 3.05) is 0 Å². The van der Waals surface area contributed by atoms with E-state index in [4.69, 9.17) is 0 Å². The van der Waals surface area contributed by atoms with Crippen LogP contribution in [0.1, 0.15) is 12.8 Å². The summed E-state index contributed by atoms with van der Waals surface area (Å²) in [6, 6.07) is 0. The molecule has 6 bridgehead atoms. The highest BCUT2D eigenvalue weighted by Crippen LogP contribution is 2.79. The predicted octanol–water partition coefficient (Wildman–Crippen LogP) is 1.09. The highest BCUT2D eigenvalue weighted by molar-refractivity contribution is 5.87. The molecule has 1 nitrogen and oxygen atoms in total. The van der Waals surface area contributed by atoms with Crippen LogP contribution in [-0.2, 0) is 4.79 Å². The van der Waals surface area contributed by atoms with Crippen molar-refractivity contribution in [3.05, 3.63) is 0 Å². The fourth-order valence-corrected chi connectivity index (χ4v) is 4.43. The van der Waals surface area contributed by atoms with Gasteiger partial charge in [0, 0.05) is 12.3 Å². The Bertz CT molecular complexity index is 245. The summed E-state index contributed by atoms with van der Waals surface area (Å²) in [5.74, 6) is 5.96. The lowest BCUT2D eigenvalue weighted by atomic mass is 10.00. The Balaban J connectivity index is 2.00. The van der Waals surface area contributed by atoms with Crippen molar-refractivity contribution in [3.63, 3.8) is 0 Å². The maximum atomic E-state index is 11.3. The van der Waals surface area contributed by atoms with Gasteiger partial charge in [-0.2, -0.15) is 0 Å². The Morgan fingerprint density at radius 2 is 2.00 bits per heavy atom. The summed E-state index contributed by atoms with van der Waals surface area (Å²) < 4.78 is 0. The van der Waals surface area contributed by atoms with Crippen LogP contribution in [0.4, 0.5) is 0 Å². The third-order valence-electron chi connectivity index (χ3n) is 4.57. The van der Waals surface area contributed by atoms with Crippen LogP contribution in [0.3, 0.4) is 0 Å². The smallest absolute Gasteiger partial charge is 0.136 e. The molecule has 52 valence electrons. The highest BCUT2D eigenvalue weighted by Gasteiger charge is 2.77. The summed E-state index contributed by atoms with van der Waals surface area (Å²) >= 11 is 0. The van der Waals surface area contributed by atoms with E-state index in [-0.39, 0.29) is 0 Å². The first-order chi connectivity index (χ1) is 4.88. The molecule has 0 N–H and O–H groups in total. The molecule has 6 unspecified atom stereocenters. The summed E-state index contributed by atoms with van der Waals surface area (Å²) in [6.45, 7) is 0. The average molecular weight is 134 g/mol. The first-order valence-electron chi connectivity index (χ1n) is 4.40. The molecule has 10 heavy (non-hydrogen) atoms. The van der Waals surface area contributed by atoms with E-state index in [0.29, 0.717) is 11.7 Å². The number of Topliss-reactive ketones (excluding diaryl/α,β-unsaturated/α-hetero) is 1. The molecule has 0 amide bonds. The lowest BCUT2D eigenvalue weighted by Crippen LogP contribution is -2.11. The number of carbonyl (C=O) groups is 1. The van der Waals surface area contributed by atoms with Crippen molar-refractivity contribution in [2.45, 2.75) is 12.8 Å². The zero-order valence-electron chi connectivity index (χ0n) is 5.79. The van der Waals surface area contributed by atoms with Crippen LogP contribution >= 0.6 is 0 Å². The topological polar surface area (TPSA) is 17.1 Å². The van der Waals surface area contributed by atoms with Crippen LogP contribution in [0, 0.1) is 35.5 Å². The van der Waals surface area contributed by atoms with Crippen molar-refractivity contribution in [1.82, 2.24) is 0 Å². The quantitative estimate of drug-likeness (QED) is 0.484. The number of ketones is 1. The number of rotatable bonds is 0. The molecule has 5 fully saturated rings. The second kappa shape index (κ2) is 0.992. The molecule has 1 heteroatoms. The molecule has 5 aliphatic rings. The van der Waals surface area contributed by atoms with Crippen LogP contribution in [-0.4, -0.2) is 5.78 Å². The molecular formula is C9H10O. The minimum Gasteiger partial charge on any atom is -0.299 e. The van der Waals surface area contributed by atoms with Crippen LogP contribution in [0.5, 0.6) is 0 Å². The van der Waals surface area contributed by atoms with Gasteiger partial charge in [0.2, 0.25) is 0 Å². The van der Waals surface area contributed by atoms with Crippen molar-refractivity contribution >= 4 is 5.78 Å². The lowest BCUT2D eigenvalue weighted by Gasteiger charge is -2.03. The molecule has 0 aromatic heterocycles. The first-order valence-corrected chi connectivity index (χ1v) is 4.40. The Morgan fingerprint density at radius 1 is 1.10 bits per heavy atom. The van der Waals surface area contributed by atoms with Crippen LogP contribution in [0.15, 0.2) is 0 Å². The van der Waals surface area contributed by atoms with Crippen molar-refractivity contribution in [2.24, 2.45) is 35.5 Å². The minimum absolute atomic E-state index is 0.583. The molecule has 0 spiro atoms. The fraction of sp³-hybridized carbons (Fsp3) is 0.889. The van der Waals surface area contributed by atoms with Gasteiger partial charge in [-0.05, 0) is 36.0 Å². The van der Waals surface area contributed by atoms with E-state index in [9.17, 15) is 4.79 Å². The third kappa shape index (κ3) is 0.240. The largest absolute Gasteiger partial charge is 0.299 e. The molecule has 0 aromatic rings. The van der Waals surface area contributed by atoms with Crippen LogP contribution < -0.4 is 0 Å². The van der Waals surface area contributed by atoms with Gasteiger partial charge in [0.15, 0.2) is 0 Å². The number of carbonyl (C=O) groups excluding carboxylic acids is 1. The van der Waals surface area contributed by atoms with E-state index in [1.54, 1.807) is 0 Å². The zero-order chi connectivity index (χ0) is 6.46. The first kappa shape index (κ1) is 4.53. The van der Waals surface area contributed by atoms with Gasteiger partial charge in [-0.3, -0.25) is 4.79 Å². The SMILES string of the molecule is O=C1CC2C3CC4C2C4C13. The molecule has 5 saturated carbocycles. The van der Waals surface area contributed by atoms with E-state index in [0.717, 1.165) is 36.0 Å². The Kier molecular flexibility index (Phi) is 0.449. The molecule has 5 aliphatic carbocycles. The summed E-state index contributed by atoms with van der Waals surface area (Å²) in [4.78, 5) is 11.3. The second-order valence-corrected chi connectivity index (χ2v) is 4.58. The fourth-order valence-electron chi connectivity index (χ4n) is 4.43. The maximum Gasteiger partial charge on any atom is 0.136 e. The van der Waals surface area contributed by atoms with E-state index >= 15 is 0 Å². The van der Waals surface area contributed by atoms with Gasteiger partial charge in [-0.25, -0.2) is 0 Å². The minimum atomic E-state index is 0.583. The van der Waals surface area contributed by atoms with E-state index in [2.05, 4.69) is 0 Å². The molecule has 0 radical (unpaired) electrons. The van der Waals surface area contributed by atoms with Gasteiger partial charge in [0.25, 0.3) is 0 Å². The third-order valence-corrected chi connectivity index (χ3v) is 4.57. The van der Waals surface area contributed by atoms with Gasteiger partial charge in [-0.15, -0.1) is 0 Å². The van der Waals surface area contributed by atoms with Gasteiger partial charge >= 0.3 is 0 Å². The standard InChI is InChI=1S/C9H10O/c10-6-2-4-3-1-5-7(4)9(5)8(3)6/h3-5,7-9H,1-2H2. The summed E-state index contributed by atoms with van der Waals surface area (Å²) in [5, 5.41) is 0. The monoisotopic (exact) mass is 134 g/mol. The predicted molar refractivity (Wildman–Crippen MR) is 35.2 cm³/mol. The molecule has 0 aromatic carbocycles. The Morgan fingerprint density at radius 3 is 2.50 bits per heavy atom. The summed E-state index contributed by atoms with van der Waals surface area (Å²) in [5.41, 5.74) is 0. The summed E-state index contributed by atoms with van der Waals surface area (Å²) in [7, 11) is 0. The normalized spacial score (nSPS) is 73.4. The van der Waals surface area contributed by atoms with Crippen molar-refractivity contribution < 1.29 is 4.79 Å². The van der Waals surface area contributed by atoms with Gasteiger partial charge < -0.3 is 0 Å². The Hall–Kier alpha value is -0.330. The molecule has 0 heterocycles. The van der Waals surface area contributed by atoms with E-state index in [1.807, 2.05) is 0 Å². The maximum absolute atomic E-state index is 11.3. The second-order valence-electron chi connectivity index (χ2n) is 4.58.